The molecule has 1 aromatic heterocycles. The average Bonchev–Trinajstić information content (AvgIpc) is 2.33. The van der Waals surface area contributed by atoms with E-state index in [9.17, 15) is 0 Å². The van der Waals surface area contributed by atoms with E-state index in [1.807, 2.05) is 24.5 Å². The molecule has 0 unspecified atom stereocenters. The lowest BCUT2D eigenvalue weighted by Crippen LogP contribution is -1.96. The number of benzene rings is 1. The summed E-state index contributed by atoms with van der Waals surface area (Å²) in [5, 5.41) is 3.78. The van der Waals surface area contributed by atoms with Gasteiger partial charge in [-0.3, -0.25) is 0 Å². The maximum atomic E-state index is 6.22. The minimum Gasteiger partial charge on any atom is -0.323 e. The second kappa shape index (κ2) is 5.18. The van der Waals surface area contributed by atoms with Gasteiger partial charge in [0.2, 0.25) is 5.95 Å². The zero-order chi connectivity index (χ0) is 11.4. The van der Waals surface area contributed by atoms with Gasteiger partial charge in [0.1, 0.15) is 0 Å². The molecule has 0 fully saturated rings. The minimum atomic E-state index is 0.544. The van der Waals surface area contributed by atoms with E-state index in [2.05, 4.69) is 15.3 Å². The van der Waals surface area contributed by atoms with Crippen LogP contribution in [0.25, 0.3) is 0 Å². The fraction of sp³-hybridized carbons (Fsp3) is 0.0909. The maximum absolute atomic E-state index is 6.22. The number of anilines is 2. The molecule has 0 saturated carbocycles. The summed E-state index contributed by atoms with van der Waals surface area (Å²) in [6, 6.07) is 7.59. The highest BCUT2D eigenvalue weighted by Gasteiger charge is 2.05. The standard InChI is InChI=1S/C11H10ClN3S/c1-16-9-5-2-4-8(10(9)12)15-11-13-6-3-7-14-11/h2-7H,1H3,(H,13,14,15). The molecule has 3 nitrogen and oxygen atoms in total. The third kappa shape index (κ3) is 2.46. The highest BCUT2D eigenvalue weighted by molar-refractivity contribution is 7.98. The Kier molecular flexibility index (Phi) is 3.64. The van der Waals surface area contributed by atoms with Crippen LogP contribution in [-0.2, 0) is 0 Å². The Morgan fingerprint density at radius 1 is 1.19 bits per heavy atom. The second-order valence-electron chi connectivity index (χ2n) is 3.02. The predicted octanol–water partition coefficient (Wildman–Crippen LogP) is 3.60. The average molecular weight is 252 g/mol. The van der Waals surface area contributed by atoms with Crippen molar-refractivity contribution in [2.45, 2.75) is 4.90 Å². The number of hydrogen-bond acceptors (Lipinski definition) is 4. The molecule has 1 N–H and O–H groups in total. The van der Waals surface area contributed by atoms with Gasteiger partial charge in [0.05, 0.1) is 10.7 Å². The second-order valence-corrected chi connectivity index (χ2v) is 4.25. The molecule has 0 aliphatic heterocycles. The monoisotopic (exact) mass is 251 g/mol. The van der Waals surface area contributed by atoms with Gasteiger partial charge in [0.15, 0.2) is 0 Å². The van der Waals surface area contributed by atoms with Crippen LogP contribution in [0.5, 0.6) is 0 Å². The van der Waals surface area contributed by atoms with Crippen molar-refractivity contribution >= 4 is 35.0 Å². The van der Waals surface area contributed by atoms with E-state index in [1.165, 1.54) is 0 Å². The summed E-state index contributed by atoms with van der Waals surface area (Å²) in [6.07, 6.45) is 5.35. The Hall–Kier alpha value is -1.26. The topological polar surface area (TPSA) is 37.8 Å². The fourth-order valence-electron chi connectivity index (χ4n) is 1.25. The third-order valence-corrected chi connectivity index (χ3v) is 3.29. The van der Waals surface area contributed by atoms with Crippen molar-refractivity contribution < 1.29 is 0 Å². The number of hydrogen-bond donors (Lipinski definition) is 1. The molecule has 0 saturated heterocycles. The highest BCUT2D eigenvalue weighted by atomic mass is 35.5. The lowest BCUT2D eigenvalue weighted by molar-refractivity contribution is 1.16. The fourth-order valence-corrected chi connectivity index (χ4v) is 2.16. The predicted molar refractivity (Wildman–Crippen MR) is 68.5 cm³/mol. The van der Waals surface area contributed by atoms with Gasteiger partial charge in [-0.05, 0) is 24.5 Å². The lowest BCUT2D eigenvalue weighted by Gasteiger charge is -2.08. The van der Waals surface area contributed by atoms with Crippen LogP contribution < -0.4 is 5.32 Å². The largest absolute Gasteiger partial charge is 0.323 e. The van der Waals surface area contributed by atoms with Crippen LogP contribution in [0.1, 0.15) is 0 Å². The van der Waals surface area contributed by atoms with E-state index in [-0.39, 0.29) is 0 Å². The van der Waals surface area contributed by atoms with Crippen molar-refractivity contribution in [2.24, 2.45) is 0 Å². The molecule has 16 heavy (non-hydrogen) atoms. The van der Waals surface area contributed by atoms with Crippen molar-refractivity contribution in [3.63, 3.8) is 0 Å². The van der Waals surface area contributed by atoms with Crippen LogP contribution in [0.3, 0.4) is 0 Å². The van der Waals surface area contributed by atoms with E-state index in [4.69, 9.17) is 11.6 Å². The number of nitrogens with zero attached hydrogens (tertiary/aromatic N) is 2. The molecular weight excluding hydrogens is 242 g/mol. The van der Waals surface area contributed by atoms with Crippen LogP contribution in [-0.4, -0.2) is 16.2 Å². The van der Waals surface area contributed by atoms with Crippen molar-refractivity contribution in [3.05, 3.63) is 41.7 Å². The number of aromatic nitrogens is 2. The lowest BCUT2D eigenvalue weighted by atomic mass is 10.3. The molecule has 0 aliphatic carbocycles. The Morgan fingerprint density at radius 3 is 2.62 bits per heavy atom. The number of halogens is 1. The van der Waals surface area contributed by atoms with Crippen LogP contribution in [0, 0.1) is 0 Å². The molecule has 0 aliphatic rings. The first-order chi connectivity index (χ1) is 7.81. The molecule has 1 heterocycles. The Morgan fingerprint density at radius 2 is 1.94 bits per heavy atom. The molecule has 82 valence electrons. The zero-order valence-corrected chi connectivity index (χ0v) is 10.2. The SMILES string of the molecule is CSc1cccc(Nc2ncccn2)c1Cl. The van der Waals surface area contributed by atoms with Crippen LogP contribution in [0.15, 0.2) is 41.6 Å². The summed E-state index contributed by atoms with van der Waals surface area (Å²) in [6.45, 7) is 0. The van der Waals surface area contributed by atoms with Gasteiger partial charge in [-0.1, -0.05) is 17.7 Å². The highest BCUT2D eigenvalue weighted by Crippen LogP contribution is 2.32. The summed E-state index contributed by atoms with van der Waals surface area (Å²) < 4.78 is 0. The van der Waals surface area contributed by atoms with Gasteiger partial charge in [0.25, 0.3) is 0 Å². The first-order valence-electron chi connectivity index (χ1n) is 4.68. The zero-order valence-electron chi connectivity index (χ0n) is 8.64. The molecule has 1 aromatic carbocycles. The van der Waals surface area contributed by atoms with Crippen LogP contribution >= 0.6 is 23.4 Å². The number of rotatable bonds is 3. The van der Waals surface area contributed by atoms with Crippen molar-refractivity contribution in [3.8, 4) is 0 Å². The summed E-state index contributed by atoms with van der Waals surface area (Å²) in [7, 11) is 0. The van der Waals surface area contributed by atoms with Crippen molar-refractivity contribution in [1.29, 1.82) is 0 Å². The molecule has 0 bridgehead atoms. The molecular formula is C11H10ClN3S. The Bertz CT molecular complexity index is 476. The quantitative estimate of drug-likeness (QED) is 0.846. The van der Waals surface area contributed by atoms with E-state index >= 15 is 0 Å². The van der Waals surface area contributed by atoms with E-state index in [0.29, 0.717) is 11.0 Å². The number of thioether (sulfide) groups is 1. The normalized spacial score (nSPS) is 10.1. The molecule has 0 radical (unpaired) electrons. The molecule has 0 amide bonds. The van der Waals surface area contributed by atoms with Crippen LogP contribution in [0.2, 0.25) is 5.02 Å². The van der Waals surface area contributed by atoms with Crippen molar-refractivity contribution in [1.82, 2.24) is 9.97 Å². The summed E-state index contributed by atoms with van der Waals surface area (Å²) in [5.41, 5.74) is 0.819. The molecule has 2 rings (SSSR count). The maximum Gasteiger partial charge on any atom is 0.227 e. The number of nitrogens with one attached hydrogen (secondary N) is 1. The minimum absolute atomic E-state index is 0.544. The molecule has 2 aromatic rings. The van der Waals surface area contributed by atoms with Gasteiger partial charge in [-0.25, -0.2) is 9.97 Å². The van der Waals surface area contributed by atoms with Gasteiger partial charge in [0, 0.05) is 17.3 Å². The Labute approximate surface area is 103 Å². The first kappa shape index (κ1) is 11.2. The van der Waals surface area contributed by atoms with Gasteiger partial charge in [-0.2, -0.15) is 0 Å². The molecule has 5 heteroatoms. The van der Waals surface area contributed by atoms with Crippen LogP contribution in [0.4, 0.5) is 11.6 Å². The van der Waals surface area contributed by atoms with Gasteiger partial charge < -0.3 is 5.32 Å². The summed E-state index contributed by atoms with van der Waals surface area (Å²) in [5.74, 6) is 0.544. The molecule has 0 atom stereocenters. The molecule has 0 spiro atoms. The van der Waals surface area contributed by atoms with Gasteiger partial charge in [-0.15, -0.1) is 11.8 Å². The summed E-state index contributed by atoms with van der Waals surface area (Å²) in [4.78, 5) is 9.20. The van der Waals surface area contributed by atoms with E-state index < -0.39 is 0 Å². The van der Waals surface area contributed by atoms with Gasteiger partial charge >= 0.3 is 0 Å². The summed E-state index contributed by atoms with van der Waals surface area (Å²) >= 11 is 7.83. The Balaban J connectivity index is 2.28. The van der Waals surface area contributed by atoms with Crippen molar-refractivity contribution in [2.75, 3.05) is 11.6 Å². The smallest absolute Gasteiger partial charge is 0.227 e. The third-order valence-electron chi connectivity index (χ3n) is 2.00. The van der Waals surface area contributed by atoms with E-state index in [0.717, 1.165) is 10.6 Å². The van der Waals surface area contributed by atoms with E-state index in [1.54, 1.807) is 30.2 Å². The first-order valence-corrected chi connectivity index (χ1v) is 6.28.